The van der Waals surface area contributed by atoms with Gasteiger partial charge in [0.05, 0.1) is 11.1 Å². The Morgan fingerprint density at radius 2 is 1.83 bits per heavy atom. The Kier molecular flexibility index (Phi) is 5.39. The van der Waals surface area contributed by atoms with E-state index < -0.39 is 11.6 Å². The lowest BCUT2D eigenvalue weighted by atomic mass is 10.1. The molecule has 1 aromatic heterocycles. The Bertz CT molecular complexity index is 782. The van der Waals surface area contributed by atoms with Gasteiger partial charge in [0.25, 0.3) is 5.91 Å². The number of hydrogen-bond donors (Lipinski definition) is 1. The van der Waals surface area contributed by atoms with E-state index in [1.807, 2.05) is 6.92 Å². The summed E-state index contributed by atoms with van der Waals surface area (Å²) in [6, 6.07) is 8.33. The Hall–Kier alpha value is -2.21. The molecular formula is C18H19BrN2O3. The van der Waals surface area contributed by atoms with Gasteiger partial charge in [-0.2, -0.15) is 0 Å². The average Bonchev–Trinajstić information content (AvgIpc) is 2.45. The van der Waals surface area contributed by atoms with Crippen LogP contribution in [0.2, 0.25) is 0 Å². The summed E-state index contributed by atoms with van der Waals surface area (Å²) < 4.78 is 6.08. The first-order valence-corrected chi connectivity index (χ1v) is 8.22. The quantitative estimate of drug-likeness (QED) is 0.790. The van der Waals surface area contributed by atoms with Crippen LogP contribution in [0.15, 0.2) is 41.0 Å². The van der Waals surface area contributed by atoms with Gasteiger partial charge in [-0.15, -0.1) is 0 Å². The molecule has 1 aromatic carbocycles. The molecule has 126 valence electrons. The number of carbonyl (C=O) groups is 2. The normalized spacial score (nSPS) is 11.0. The molecule has 2 rings (SSSR count). The fourth-order valence-corrected chi connectivity index (χ4v) is 2.40. The minimum absolute atomic E-state index is 0.211. The van der Waals surface area contributed by atoms with Gasteiger partial charge in [-0.1, -0.05) is 15.9 Å². The molecule has 5 nitrogen and oxygen atoms in total. The second-order valence-corrected chi connectivity index (χ2v) is 7.25. The van der Waals surface area contributed by atoms with E-state index >= 15 is 0 Å². The van der Waals surface area contributed by atoms with Crippen LogP contribution in [0.5, 0.6) is 0 Å². The summed E-state index contributed by atoms with van der Waals surface area (Å²) in [4.78, 5) is 29.1. The third-order valence-corrected chi connectivity index (χ3v) is 3.49. The average molecular weight is 391 g/mol. The number of anilines is 1. The van der Waals surface area contributed by atoms with Gasteiger partial charge in [0.15, 0.2) is 0 Å². The molecule has 0 saturated carbocycles. The van der Waals surface area contributed by atoms with Crippen molar-refractivity contribution in [2.45, 2.75) is 33.3 Å². The monoisotopic (exact) mass is 390 g/mol. The molecule has 1 amide bonds. The molecule has 0 bridgehead atoms. The van der Waals surface area contributed by atoms with Gasteiger partial charge in [-0.05, 0) is 58.0 Å². The number of nitrogens with one attached hydrogen (secondary N) is 1. The minimum Gasteiger partial charge on any atom is -0.456 e. The number of aryl methyl sites for hydroxylation is 1. The number of carbonyl (C=O) groups excluding carboxylic acids is 2. The second-order valence-electron chi connectivity index (χ2n) is 6.33. The number of halogens is 1. The predicted molar refractivity (Wildman–Crippen MR) is 96.2 cm³/mol. The van der Waals surface area contributed by atoms with Crippen LogP contribution in [0.1, 0.15) is 47.2 Å². The molecule has 24 heavy (non-hydrogen) atoms. The van der Waals surface area contributed by atoms with E-state index in [2.05, 4.69) is 26.2 Å². The van der Waals surface area contributed by atoms with Crippen molar-refractivity contribution >= 4 is 33.5 Å². The molecule has 6 heteroatoms. The zero-order chi connectivity index (χ0) is 17.9. The van der Waals surface area contributed by atoms with E-state index in [1.54, 1.807) is 57.3 Å². The molecule has 2 aromatic rings. The van der Waals surface area contributed by atoms with Crippen LogP contribution in [0, 0.1) is 6.92 Å². The van der Waals surface area contributed by atoms with Crippen molar-refractivity contribution in [3.63, 3.8) is 0 Å². The molecule has 1 N–H and O–H groups in total. The summed E-state index contributed by atoms with van der Waals surface area (Å²) in [5, 5.41) is 2.77. The molecule has 0 aliphatic carbocycles. The largest absolute Gasteiger partial charge is 0.456 e. The highest BCUT2D eigenvalue weighted by atomic mass is 79.9. The lowest BCUT2D eigenvalue weighted by Crippen LogP contribution is -2.26. The number of benzene rings is 1. The lowest BCUT2D eigenvalue weighted by Gasteiger charge is -2.20. The standard InChI is InChI=1S/C18H19BrN2O3/c1-11-9-13(7-8-20-11)21-16(22)14-6-5-12(19)10-15(14)17(23)24-18(2,3)4/h5-10H,1-4H3,(H,20,21,22). The van der Waals surface area contributed by atoms with Crippen molar-refractivity contribution in [2.75, 3.05) is 5.32 Å². The smallest absolute Gasteiger partial charge is 0.339 e. The van der Waals surface area contributed by atoms with E-state index in [1.165, 1.54) is 0 Å². The van der Waals surface area contributed by atoms with Crippen LogP contribution in [-0.4, -0.2) is 22.5 Å². The Morgan fingerprint density at radius 3 is 2.46 bits per heavy atom. The molecule has 0 atom stereocenters. The molecular weight excluding hydrogens is 372 g/mol. The Labute approximate surface area is 149 Å². The number of amides is 1. The van der Waals surface area contributed by atoms with Crippen molar-refractivity contribution < 1.29 is 14.3 Å². The third-order valence-electron chi connectivity index (χ3n) is 3.00. The minimum atomic E-state index is -0.643. The first-order valence-electron chi connectivity index (χ1n) is 7.42. The van der Waals surface area contributed by atoms with Crippen LogP contribution < -0.4 is 5.32 Å². The SMILES string of the molecule is Cc1cc(NC(=O)c2ccc(Br)cc2C(=O)OC(C)(C)C)ccn1. The van der Waals surface area contributed by atoms with E-state index in [9.17, 15) is 9.59 Å². The van der Waals surface area contributed by atoms with E-state index in [0.717, 1.165) is 5.69 Å². The van der Waals surface area contributed by atoms with Crippen LogP contribution in [0.3, 0.4) is 0 Å². The number of nitrogens with zero attached hydrogens (tertiary/aromatic N) is 1. The lowest BCUT2D eigenvalue weighted by molar-refractivity contribution is 0.00678. The molecule has 0 radical (unpaired) electrons. The summed E-state index contributed by atoms with van der Waals surface area (Å²) >= 11 is 3.32. The fraction of sp³-hybridized carbons (Fsp3) is 0.278. The van der Waals surface area contributed by atoms with Crippen LogP contribution in [0.25, 0.3) is 0 Å². The number of rotatable bonds is 3. The molecule has 0 unspecified atom stereocenters. The van der Waals surface area contributed by atoms with E-state index in [4.69, 9.17) is 4.74 Å². The first kappa shape index (κ1) is 18.1. The van der Waals surface area contributed by atoms with Gasteiger partial charge < -0.3 is 10.1 Å². The molecule has 1 heterocycles. The third kappa shape index (κ3) is 4.89. The number of hydrogen-bond acceptors (Lipinski definition) is 4. The highest BCUT2D eigenvalue weighted by Crippen LogP contribution is 2.21. The second kappa shape index (κ2) is 7.13. The Morgan fingerprint density at radius 1 is 1.12 bits per heavy atom. The number of pyridine rings is 1. The van der Waals surface area contributed by atoms with Crippen molar-refractivity contribution in [2.24, 2.45) is 0 Å². The molecule has 0 aliphatic rings. The van der Waals surface area contributed by atoms with Crippen molar-refractivity contribution in [1.82, 2.24) is 4.98 Å². The molecule has 0 fully saturated rings. The van der Waals surface area contributed by atoms with Gasteiger partial charge in [-0.25, -0.2) is 4.79 Å². The fourth-order valence-electron chi connectivity index (χ4n) is 2.04. The van der Waals surface area contributed by atoms with Gasteiger partial charge in [0.1, 0.15) is 5.60 Å². The van der Waals surface area contributed by atoms with Gasteiger partial charge >= 0.3 is 5.97 Å². The molecule has 0 spiro atoms. The summed E-state index contributed by atoms with van der Waals surface area (Å²) in [7, 11) is 0. The Balaban J connectivity index is 2.32. The summed E-state index contributed by atoms with van der Waals surface area (Å²) in [6.45, 7) is 7.18. The zero-order valence-electron chi connectivity index (χ0n) is 14.0. The number of ether oxygens (including phenoxy) is 1. The highest BCUT2D eigenvalue weighted by Gasteiger charge is 2.23. The summed E-state index contributed by atoms with van der Waals surface area (Å²) in [5.74, 6) is -0.922. The van der Waals surface area contributed by atoms with Gasteiger partial charge in [-0.3, -0.25) is 9.78 Å². The van der Waals surface area contributed by atoms with Crippen LogP contribution in [0.4, 0.5) is 5.69 Å². The summed E-state index contributed by atoms with van der Waals surface area (Å²) in [6.07, 6.45) is 1.61. The van der Waals surface area contributed by atoms with Crippen molar-refractivity contribution in [3.8, 4) is 0 Å². The summed E-state index contributed by atoms with van der Waals surface area (Å²) in [5.41, 5.74) is 1.22. The number of esters is 1. The highest BCUT2D eigenvalue weighted by molar-refractivity contribution is 9.10. The maximum Gasteiger partial charge on any atom is 0.339 e. The van der Waals surface area contributed by atoms with E-state index in [-0.39, 0.29) is 17.0 Å². The van der Waals surface area contributed by atoms with Crippen LogP contribution in [-0.2, 0) is 4.74 Å². The first-order chi connectivity index (χ1) is 11.2. The van der Waals surface area contributed by atoms with Gasteiger partial charge in [0, 0.05) is 22.1 Å². The topological polar surface area (TPSA) is 68.3 Å². The van der Waals surface area contributed by atoms with Crippen molar-refractivity contribution in [3.05, 3.63) is 57.8 Å². The predicted octanol–water partition coefficient (Wildman–Crippen LogP) is 4.36. The molecule has 0 saturated heterocycles. The van der Waals surface area contributed by atoms with Gasteiger partial charge in [0.2, 0.25) is 0 Å². The maximum atomic E-state index is 12.6. The zero-order valence-corrected chi connectivity index (χ0v) is 15.6. The maximum absolute atomic E-state index is 12.6. The van der Waals surface area contributed by atoms with Crippen molar-refractivity contribution in [1.29, 1.82) is 0 Å². The number of aromatic nitrogens is 1. The van der Waals surface area contributed by atoms with E-state index in [0.29, 0.717) is 10.2 Å². The van der Waals surface area contributed by atoms with Crippen LogP contribution >= 0.6 is 15.9 Å². The molecule has 0 aliphatic heterocycles.